The Hall–Kier alpha value is -2.10. The monoisotopic (exact) mass is 276 g/mol. The fraction of sp³-hybridized carbons (Fsp3) is 0.250. The molecule has 2 aromatic rings. The molecule has 4 heteroatoms. The average Bonchev–Trinajstić information content (AvgIpc) is 2.39. The Morgan fingerprint density at radius 3 is 2.45 bits per heavy atom. The summed E-state index contributed by atoms with van der Waals surface area (Å²) in [5.74, 6) is -1.09. The van der Waals surface area contributed by atoms with Crippen LogP contribution in [-0.2, 0) is 6.54 Å². The molecule has 0 saturated heterocycles. The molecule has 0 aromatic heterocycles. The van der Waals surface area contributed by atoms with E-state index in [0.717, 1.165) is 17.4 Å². The van der Waals surface area contributed by atoms with Crippen molar-refractivity contribution in [3.05, 3.63) is 59.2 Å². The van der Waals surface area contributed by atoms with E-state index in [-0.39, 0.29) is 0 Å². The first-order valence-corrected chi connectivity index (χ1v) is 6.43. The summed E-state index contributed by atoms with van der Waals surface area (Å²) in [5, 5.41) is 3.15. The van der Waals surface area contributed by atoms with Crippen molar-refractivity contribution in [2.45, 2.75) is 13.5 Å². The molecule has 0 aliphatic heterocycles. The van der Waals surface area contributed by atoms with Crippen molar-refractivity contribution in [1.82, 2.24) is 0 Å². The van der Waals surface area contributed by atoms with E-state index in [0.29, 0.717) is 12.1 Å². The third-order valence-corrected chi connectivity index (χ3v) is 3.19. The molecule has 0 bridgehead atoms. The van der Waals surface area contributed by atoms with Gasteiger partial charge in [0.2, 0.25) is 0 Å². The predicted octanol–water partition coefficient (Wildman–Crippen LogP) is 3.95. The van der Waals surface area contributed by atoms with Gasteiger partial charge in [0.05, 0.1) is 0 Å². The van der Waals surface area contributed by atoms with Crippen molar-refractivity contribution >= 4 is 11.4 Å². The van der Waals surface area contributed by atoms with Gasteiger partial charge in [-0.1, -0.05) is 12.1 Å². The van der Waals surface area contributed by atoms with Gasteiger partial charge < -0.3 is 10.2 Å². The highest BCUT2D eigenvalue weighted by atomic mass is 19.1. The lowest BCUT2D eigenvalue weighted by Gasteiger charge is -2.17. The summed E-state index contributed by atoms with van der Waals surface area (Å²) in [6.45, 7) is 2.36. The molecule has 2 rings (SSSR count). The topological polar surface area (TPSA) is 15.3 Å². The average molecular weight is 276 g/mol. The standard InChI is InChI=1S/C16H18F2N2/c1-11-4-7-14(9-16(11)20(2)3)19-10-12-5-6-13(17)8-15(12)18/h4-9,19H,10H2,1-3H3. The minimum Gasteiger partial charge on any atom is -0.381 e. The minimum atomic E-state index is -0.559. The second-order valence-corrected chi connectivity index (χ2v) is 4.98. The summed E-state index contributed by atoms with van der Waals surface area (Å²) in [5.41, 5.74) is 3.63. The number of halogens is 2. The number of aryl methyl sites for hydroxylation is 1. The fourth-order valence-electron chi connectivity index (χ4n) is 2.06. The SMILES string of the molecule is Cc1ccc(NCc2ccc(F)cc2F)cc1N(C)C. The fourth-order valence-corrected chi connectivity index (χ4v) is 2.06. The van der Waals surface area contributed by atoms with Gasteiger partial charge >= 0.3 is 0 Å². The molecular weight excluding hydrogens is 258 g/mol. The molecule has 0 spiro atoms. The lowest BCUT2D eigenvalue weighted by atomic mass is 10.1. The van der Waals surface area contributed by atoms with Crippen LogP contribution in [0.3, 0.4) is 0 Å². The van der Waals surface area contributed by atoms with Crippen molar-refractivity contribution < 1.29 is 8.78 Å². The lowest BCUT2D eigenvalue weighted by Crippen LogP contribution is -2.11. The molecule has 1 N–H and O–H groups in total. The van der Waals surface area contributed by atoms with E-state index in [1.807, 2.05) is 44.1 Å². The third kappa shape index (κ3) is 3.26. The van der Waals surface area contributed by atoms with Crippen LogP contribution in [0.5, 0.6) is 0 Å². The molecule has 0 saturated carbocycles. The van der Waals surface area contributed by atoms with Gasteiger partial charge in [0.1, 0.15) is 11.6 Å². The molecule has 0 aliphatic rings. The van der Waals surface area contributed by atoms with Gasteiger partial charge in [0, 0.05) is 43.6 Å². The van der Waals surface area contributed by atoms with Crippen molar-refractivity contribution in [3.8, 4) is 0 Å². The molecule has 0 heterocycles. The number of nitrogens with zero attached hydrogens (tertiary/aromatic N) is 1. The highest BCUT2D eigenvalue weighted by molar-refractivity contribution is 5.61. The number of hydrogen-bond acceptors (Lipinski definition) is 2. The molecular formula is C16H18F2N2. The van der Waals surface area contributed by atoms with Crippen LogP contribution in [0.15, 0.2) is 36.4 Å². The zero-order valence-corrected chi connectivity index (χ0v) is 11.9. The van der Waals surface area contributed by atoms with Gasteiger partial charge in [-0.3, -0.25) is 0 Å². The smallest absolute Gasteiger partial charge is 0.131 e. The quantitative estimate of drug-likeness (QED) is 0.909. The number of hydrogen-bond donors (Lipinski definition) is 1. The summed E-state index contributed by atoms with van der Waals surface area (Å²) in [6, 6.07) is 9.59. The van der Waals surface area contributed by atoms with Gasteiger partial charge in [-0.05, 0) is 30.7 Å². The third-order valence-electron chi connectivity index (χ3n) is 3.19. The van der Waals surface area contributed by atoms with Gasteiger partial charge in [-0.25, -0.2) is 8.78 Å². The molecule has 0 fully saturated rings. The normalized spacial score (nSPS) is 10.4. The number of nitrogens with one attached hydrogen (secondary N) is 1. The highest BCUT2D eigenvalue weighted by Crippen LogP contribution is 2.23. The second-order valence-electron chi connectivity index (χ2n) is 4.98. The number of benzene rings is 2. The van der Waals surface area contributed by atoms with Crippen LogP contribution in [0.4, 0.5) is 20.2 Å². The lowest BCUT2D eigenvalue weighted by molar-refractivity contribution is 0.574. The Morgan fingerprint density at radius 1 is 1.05 bits per heavy atom. The van der Waals surface area contributed by atoms with E-state index in [2.05, 4.69) is 5.32 Å². The molecule has 0 unspecified atom stereocenters. The van der Waals surface area contributed by atoms with Crippen LogP contribution in [0, 0.1) is 18.6 Å². The van der Waals surface area contributed by atoms with E-state index in [9.17, 15) is 8.78 Å². The number of anilines is 2. The Labute approximate surface area is 118 Å². The maximum Gasteiger partial charge on any atom is 0.131 e. The van der Waals surface area contributed by atoms with Crippen molar-refractivity contribution in [1.29, 1.82) is 0 Å². The van der Waals surface area contributed by atoms with Gasteiger partial charge in [0.25, 0.3) is 0 Å². The zero-order valence-electron chi connectivity index (χ0n) is 11.9. The van der Waals surface area contributed by atoms with E-state index in [4.69, 9.17) is 0 Å². The number of rotatable bonds is 4. The Bertz CT molecular complexity index is 609. The molecule has 106 valence electrons. The van der Waals surface area contributed by atoms with Crippen LogP contribution in [0.25, 0.3) is 0 Å². The largest absolute Gasteiger partial charge is 0.381 e. The molecule has 0 amide bonds. The zero-order chi connectivity index (χ0) is 14.7. The molecule has 2 nitrogen and oxygen atoms in total. The Balaban J connectivity index is 2.13. The van der Waals surface area contributed by atoms with Crippen molar-refractivity contribution in [2.24, 2.45) is 0 Å². The van der Waals surface area contributed by atoms with Crippen molar-refractivity contribution in [3.63, 3.8) is 0 Å². The summed E-state index contributed by atoms with van der Waals surface area (Å²) in [6.07, 6.45) is 0. The highest BCUT2D eigenvalue weighted by Gasteiger charge is 2.05. The Kier molecular flexibility index (Phi) is 4.23. The van der Waals surface area contributed by atoms with Crippen LogP contribution in [0.2, 0.25) is 0 Å². The predicted molar refractivity (Wildman–Crippen MR) is 79.2 cm³/mol. The second kappa shape index (κ2) is 5.90. The van der Waals surface area contributed by atoms with Crippen LogP contribution in [0.1, 0.15) is 11.1 Å². The first-order valence-electron chi connectivity index (χ1n) is 6.43. The summed E-state index contributed by atoms with van der Waals surface area (Å²) in [7, 11) is 3.96. The molecule has 20 heavy (non-hydrogen) atoms. The maximum atomic E-state index is 13.5. The van der Waals surface area contributed by atoms with Gasteiger partial charge in [-0.15, -0.1) is 0 Å². The van der Waals surface area contributed by atoms with Gasteiger partial charge in [-0.2, -0.15) is 0 Å². The van der Waals surface area contributed by atoms with E-state index >= 15 is 0 Å². The first kappa shape index (κ1) is 14.3. The summed E-state index contributed by atoms with van der Waals surface area (Å²) in [4.78, 5) is 2.03. The van der Waals surface area contributed by atoms with E-state index in [1.54, 1.807) is 0 Å². The van der Waals surface area contributed by atoms with Crippen molar-refractivity contribution in [2.75, 3.05) is 24.3 Å². The van der Waals surface area contributed by atoms with Crippen LogP contribution >= 0.6 is 0 Å². The Morgan fingerprint density at radius 2 is 1.80 bits per heavy atom. The van der Waals surface area contributed by atoms with E-state index in [1.165, 1.54) is 17.7 Å². The molecule has 0 radical (unpaired) electrons. The minimum absolute atomic E-state index is 0.321. The summed E-state index contributed by atoms with van der Waals surface area (Å²) >= 11 is 0. The molecule has 2 aromatic carbocycles. The van der Waals surface area contributed by atoms with Gasteiger partial charge in [0.15, 0.2) is 0 Å². The van der Waals surface area contributed by atoms with Crippen LogP contribution < -0.4 is 10.2 Å². The molecule has 0 aliphatic carbocycles. The molecule has 0 atom stereocenters. The maximum absolute atomic E-state index is 13.5. The van der Waals surface area contributed by atoms with Crippen LogP contribution in [-0.4, -0.2) is 14.1 Å². The van der Waals surface area contributed by atoms with E-state index < -0.39 is 11.6 Å². The summed E-state index contributed by atoms with van der Waals surface area (Å²) < 4.78 is 26.4. The first-order chi connectivity index (χ1) is 9.47.